The lowest BCUT2D eigenvalue weighted by molar-refractivity contribution is 0.0949. The lowest BCUT2D eigenvalue weighted by atomic mass is 10.0. The van der Waals surface area contributed by atoms with Crippen molar-refractivity contribution < 1.29 is 4.79 Å². The molecule has 0 aliphatic rings. The van der Waals surface area contributed by atoms with Crippen molar-refractivity contribution in [2.45, 2.75) is 32.7 Å². The molecule has 22 heavy (non-hydrogen) atoms. The fraction of sp³-hybridized carbons (Fsp3) is 0.353. The molecule has 1 heterocycles. The van der Waals surface area contributed by atoms with Gasteiger partial charge in [0.15, 0.2) is 0 Å². The Morgan fingerprint density at radius 3 is 2.59 bits per heavy atom. The predicted octanol–water partition coefficient (Wildman–Crippen LogP) is 2.34. The number of amides is 1. The summed E-state index contributed by atoms with van der Waals surface area (Å²) in [5.41, 5.74) is 8.37. The molecule has 2 rings (SSSR count). The summed E-state index contributed by atoms with van der Waals surface area (Å²) >= 11 is 0. The van der Waals surface area contributed by atoms with Crippen LogP contribution in [-0.2, 0) is 0 Å². The summed E-state index contributed by atoms with van der Waals surface area (Å²) in [5, 5.41) is 2.87. The van der Waals surface area contributed by atoms with E-state index in [0.29, 0.717) is 17.9 Å². The van der Waals surface area contributed by atoms with Gasteiger partial charge in [-0.25, -0.2) is 9.97 Å². The number of nitrogens with zero attached hydrogens (tertiary/aromatic N) is 2. The van der Waals surface area contributed by atoms with Gasteiger partial charge in [-0.05, 0) is 18.4 Å². The number of aromatic nitrogens is 2. The second kappa shape index (κ2) is 7.13. The van der Waals surface area contributed by atoms with Gasteiger partial charge in [-0.15, -0.1) is 0 Å². The van der Waals surface area contributed by atoms with Gasteiger partial charge in [0.1, 0.15) is 5.82 Å². The van der Waals surface area contributed by atoms with Crippen LogP contribution < -0.4 is 11.1 Å². The quantitative estimate of drug-likeness (QED) is 0.887. The van der Waals surface area contributed by atoms with Crippen molar-refractivity contribution in [3.63, 3.8) is 0 Å². The third kappa shape index (κ3) is 3.89. The van der Waals surface area contributed by atoms with E-state index in [1.807, 2.05) is 51.1 Å². The van der Waals surface area contributed by atoms with E-state index in [4.69, 9.17) is 5.73 Å². The van der Waals surface area contributed by atoms with Crippen LogP contribution in [0.25, 0.3) is 0 Å². The maximum absolute atomic E-state index is 12.4. The molecule has 3 N–H and O–H groups in total. The van der Waals surface area contributed by atoms with Gasteiger partial charge in [-0.2, -0.15) is 0 Å². The van der Waals surface area contributed by atoms with Gasteiger partial charge >= 0.3 is 0 Å². The first-order valence-electron chi connectivity index (χ1n) is 7.41. The van der Waals surface area contributed by atoms with Gasteiger partial charge in [0, 0.05) is 18.8 Å². The Labute approximate surface area is 131 Å². The summed E-state index contributed by atoms with van der Waals surface area (Å²) < 4.78 is 0. The first-order valence-corrected chi connectivity index (χ1v) is 7.41. The number of nitrogens with one attached hydrogen (secondary N) is 1. The SMILES string of the molecule is Cc1ncc(C(=O)NCC(N)c2ccccc2)c(C(C)C)n1. The molecule has 5 nitrogen and oxygen atoms in total. The molecule has 0 fully saturated rings. The van der Waals surface area contributed by atoms with Crippen molar-refractivity contribution in [2.75, 3.05) is 6.54 Å². The second-order valence-corrected chi connectivity index (χ2v) is 5.60. The summed E-state index contributed by atoms with van der Waals surface area (Å²) in [4.78, 5) is 20.9. The molecule has 1 aromatic heterocycles. The normalized spacial score (nSPS) is 12.2. The van der Waals surface area contributed by atoms with Crippen molar-refractivity contribution in [3.05, 3.63) is 59.2 Å². The number of benzene rings is 1. The molecule has 0 spiro atoms. The lowest BCUT2D eigenvalue weighted by Gasteiger charge is -2.15. The average Bonchev–Trinajstić information content (AvgIpc) is 2.53. The highest BCUT2D eigenvalue weighted by atomic mass is 16.1. The van der Waals surface area contributed by atoms with Crippen LogP contribution in [-0.4, -0.2) is 22.4 Å². The molecular weight excluding hydrogens is 276 g/mol. The van der Waals surface area contributed by atoms with E-state index < -0.39 is 0 Å². The summed E-state index contributed by atoms with van der Waals surface area (Å²) in [6.07, 6.45) is 1.58. The third-order valence-corrected chi connectivity index (χ3v) is 3.44. The summed E-state index contributed by atoms with van der Waals surface area (Å²) in [7, 11) is 0. The van der Waals surface area contributed by atoms with E-state index in [2.05, 4.69) is 15.3 Å². The topological polar surface area (TPSA) is 80.9 Å². The zero-order valence-electron chi connectivity index (χ0n) is 13.2. The summed E-state index contributed by atoms with van der Waals surface area (Å²) in [6.45, 7) is 6.20. The van der Waals surface area contributed by atoms with Crippen LogP contribution >= 0.6 is 0 Å². The Kier molecular flexibility index (Phi) is 5.22. The molecule has 0 aliphatic heterocycles. The number of hydrogen-bond acceptors (Lipinski definition) is 4. The molecule has 2 aromatic rings. The Bertz CT molecular complexity index is 640. The molecule has 0 saturated heterocycles. The lowest BCUT2D eigenvalue weighted by Crippen LogP contribution is -2.32. The van der Waals surface area contributed by atoms with E-state index in [-0.39, 0.29) is 17.9 Å². The second-order valence-electron chi connectivity index (χ2n) is 5.60. The molecular formula is C17H22N4O. The number of rotatable bonds is 5. The van der Waals surface area contributed by atoms with Crippen molar-refractivity contribution in [1.82, 2.24) is 15.3 Å². The van der Waals surface area contributed by atoms with Crippen molar-refractivity contribution in [2.24, 2.45) is 5.73 Å². The number of nitrogens with two attached hydrogens (primary N) is 1. The highest BCUT2D eigenvalue weighted by molar-refractivity contribution is 5.95. The average molecular weight is 298 g/mol. The van der Waals surface area contributed by atoms with Crippen LogP contribution in [0.15, 0.2) is 36.5 Å². The Morgan fingerprint density at radius 2 is 1.95 bits per heavy atom. The zero-order valence-corrected chi connectivity index (χ0v) is 13.2. The third-order valence-electron chi connectivity index (χ3n) is 3.44. The number of carbonyl (C=O) groups excluding carboxylic acids is 1. The highest BCUT2D eigenvalue weighted by Gasteiger charge is 2.17. The molecule has 0 aliphatic carbocycles. The van der Waals surface area contributed by atoms with Crippen LogP contribution in [0.2, 0.25) is 0 Å². The minimum Gasteiger partial charge on any atom is -0.350 e. The van der Waals surface area contributed by atoms with E-state index >= 15 is 0 Å². The molecule has 1 amide bonds. The van der Waals surface area contributed by atoms with Gasteiger partial charge in [0.25, 0.3) is 5.91 Å². The standard InChI is InChI=1S/C17H22N4O/c1-11(2)16-14(9-19-12(3)21-16)17(22)20-10-15(18)13-7-5-4-6-8-13/h4-9,11,15H,10,18H2,1-3H3,(H,20,22). The number of aryl methyl sites for hydroxylation is 1. The monoisotopic (exact) mass is 298 g/mol. The van der Waals surface area contributed by atoms with Gasteiger partial charge in [-0.1, -0.05) is 44.2 Å². The van der Waals surface area contributed by atoms with Gasteiger partial charge in [0.05, 0.1) is 11.3 Å². The van der Waals surface area contributed by atoms with E-state index in [1.165, 1.54) is 0 Å². The fourth-order valence-corrected chi connectivity index (χ4v) is 2.22. The van der Waals surface area contributed by atoms with Crippen molar-refractivity contribution in [3.8, 4) is 0 Å². The smallest absolute Gasteiger partial charge is 0.254 e. The minimum absolute atomic E-state index is 0.158. The minimum atomic E-state index is -0.237. The Morgan fingerprint density at radius 1 is 1.27 bits per heavy atom. The Hall–Kier alpha value is -2.27. The van der Waals surface area contributed by atoms with Crippen molar-refractivity contribution >= 4 is 5.91 Å². The van der Waals surface area contributed by atoms with E-state index in [9.17, 15) is 4.79 Å². The fourth-order valence-electron chi connectivity index (χ4n) is 2.22. The highest BCUT2D eigenvalue weighted by Crippen LogP contribution is 2.16. The van der Waals surface area contributed by atoms with E-state index in [0.717, 1.165) is 11.3 Å². The summed E-state index contributed by atoms with van der Waals surface area (Å²) in [5.74, 6) is 0.640. The molecule has 0 bridgehead atoms. The first-order chi connectivity index (χ1) is 10.5. The van der Waals surface area contributed by atoms with Crippen LogP contribution in [0.4, 0.5) is 0 Å². The number of hydrogen-bond donors (Lipinski definition) is 2. The predicted molar refractivity (Wildman–Crippen MR) is 86.6 cm³/mol. The largest absolute Gasteiger partial charge is 0.350 e. The maximum Gasteiger partial charge on any atom is 0.254 e. The molecule has 116 valence electrons. The Balaban J connectivity index is 2.07. The number of carbonyl (C=O) groups is 1. The van der Waals surface area contributed by atoms with Gasteiger partial charge < -0.3 is 11.1 Å². The van der Waals surface area contributed by atoms with Crippen LogP contribution in [0.1, 0.15) is 53.2 Å². The van der Waals surface area contributed by atoms with Crippen LogP contribution in [0.3, 0.4) is 0 Å². The van der Waals surface area contributed by atoms with Gasteiger partial charge in [-0.3, -0.25) is 4.79 Å². The zero-order chi connectivity index (χ0) is 16.1. The maximum atomic E-state index is 12.4. The molecule has 5 heteroatoms. The van der Waals surface area contributed by atoms with Crippen LogP contribution in [0.5, 0.6) is 0 Å². The van der Waals surface area contributed by atoms with Crippen molar-refractivity contribution in [1.29, 1.82) is 0 Å². The molecule has 1 unspecified atom stereocenters. The molecule has 1 aromatic carbocycles. The summed E-state index contributed by atoms with van der Waals surface area (Å²) in [6, 6.07) is 9.46. The van der Waals surface area contributed by atoms with E-state index in [1.54, 1.807) is 6.20 Å². The molecule has 0 saturated carbocycles. The van der Waals surface area contributed by atoms with Crippen LogP contribution in [0, 0.1) is 6.92 Å². The first kappa shape index (κ1) is 16.1. The molecule has 1 atom stereocenters. The van der Waals surface area contributed by atoms with Gasteiger partial charge in [0.2, 0.25) is 0 Å². The molecule has 0 radical (unpaired) electrons.